The second kappa shape index (κ2) is 9.61. The summed E-state index contributed by atoms with van der Waals surface area (Å²) in [5.41, 5.74) is 0.868. The Morgan fingerprint density at radius 1 is 1.20 bits per heavy atom. The van der Waals surface area contributed by atoms with Gasteiger partial charge in [0, 0.05) is 31.6 Å². The molecule has 0 aliphatic carbocycles. The molecule has 1 aromatic carbocycles. The Hall–Kier alpha value is -3.08. The smallest absolute Gasteiger partial charge is 0.434 e. The minimum absolute atomic E-state index is 0.369. The lowest BCUT2D eigenvalue weighted by molar-refractivity contribution is -0.140. The summed E-state index contributed by atoms with van der Waals surface area (Å²) in [6, 6.07) is 9.43. The van der Waals surface area contributed by atoms with Crippen LogP contribution in [0.25, 0.3) is 5.69 Å². The van der Waals surface area contributed by atoms with Crippen LogP contribution in [0.3, 0.4) is 0 Å². The third-order valence-electron chi connectivity index (χ3n) is 4.12. The first-order valence-corrected chi connectivity index (χ1v) is 9.92. The van der Waals surface area contributed by atoms with Crippen molar-refractivity contribution < 1.29 is 17.9 Å². The molecule has 0 aliphatic heterocycles. The summed E-state index contributed by atoms with van der Waals surface area (Å²) >= 11 is 0.997. The minimum atomic E-state index is -4.41. The third-order valence-corrected chi connectivity index (χ3v) is 5.02. The van der Waals surface area contributed by atoms with Crippen molar-refractivity contribution in [2.45, 2.75) is 19.1 Å². The first-order valence-electron chi connectivity index (χ1n) is 9.04. The van der Waals surface area contributed by atoms with E-state index in [0.29, 0.717) is 30.5 Å². The SMILES string of the molecule is CN=C(NCCc1nc(C(F)(F)F)cs1)NCc1ccn(-c2ccc(OC)cc2)n1. The first-order chi connectivity index (χ1) is 14.4. The monoisotopic (exact) mass is 438 g/mol. The number of aliphatic imine (C=N–C) groups is 1. The normalized spacial score (nSPS) is 12.1. The second-order valence-corrected chi connectivity index (χ2v) is 7.12. The van der Waals surface area contributed by atoms with E-state index in [2.05, 4.69) is 25.7 Å². The van der Waals surface area contributed by atoms with Gasteiger partial charge >= 0.3 is 6.18 Å². The lowest BCUT2D eigenvalue weighted by Gasteiger charge is -2.10. The highest BCUT2D eigenvalue weighted by atomic mass is 32.1. The molecule has 0 unspecified atom stereocenters. The largest absolute Gasteiger partial charge is 0.497 e. The number of hydrogen-bond donors (Lipinski definition) is 2. The van der Waals surface area contributed by atoms with E-state index in [1.807, 2.05) is 36.5 Å². The highest BCUT2D eigenvalue weighted by Gasteiger charge is 2.33. The van der Waals surface area contributed by atoms with Crippen molar-refractivity contribution in [3.63, 3.8) is 0 Å². The van der Waals surface area contributed by atoms with Crippen LogP contribution in [0.4, 0.5) is 13.2 Å². The van der Waals surface area contributed by atoms with Crippen molar-refractivity contribution in [3.05, 3.63) is 58.3 Å². The van der Waals surface area contributed by atoms with Gasteiger partial charge in [-0.05, 0) is 30.3 Å². The molecule has 0 atom stereocenters. The van der Waals surface area contributed by atoms with E-state index in [4.69, 9.17) is 4.74 Å². The molecule has 160 valence electrons. The van der Waals surface area contributed by atoms with Gasteiger partial charge in [0.2, 0.25) is 0 Å². The average Bonchev–Trinajstić information content (AvgIpc) is 3.40. The highest BCUT2D eigenvalue weighted by molar-refractivity contribution is 7.09. The van der Waals surface area contributed by atoms with Crippen molar-refractivity contribution in [3.8, 4) is 11.4 Å². The average molecular weight is 438 g/mol. The van der Waals surface area contributed by atoms with Gasteiger partial charge in [-0.2, -0.15) is 18.3 Å². The van der Waals surface area contributed by atoms with Crippen molar-refractivity contribution in [1.29, 1.82) is 0 Å². The molecular formula is C19H21F3N6OS. The fourth-order valence-electron chi connectivity index (χ4n) is 2.57. The van der Waals surface area contributed by atoms with Gasteiger partial charge in [0.05, 0.1) is 30.0 Å². The number of alkyl halides is 3. The molecule has 0 bridgehead atoms. The minimum Gasteiger partial charge on any atom is -0.497 e. The van der Waals surface area contributed by atoms with E-state index in [-0.39, 0.29) is 0 Å². The van der Waals surface area contributed by atoms with Gasteiger partial charge in [0.1, 0.15) is 5.75 Å². The summed E-state index contributed by atoms with van der Waals surface area (Å²) in [4.78, 5) is 7.72. The fraction of sp³-hybridized carbons (Fsp3) is 0.316. The number of nitrogens with one attached hydrogen (secondary N) is 2. The highest BCUT2D eigenvalue weighted by Crippen LogP contribution is 2.30. The molecule has 0 radical (unpaired) electrons. The van der Waals surface area contributed by atoms with Crippen LogP contribution in [0.5, 0.6) is 5.75 Å². The summed E-state index contributed by atoms with van der Waals surface area (Å²) in [6.07, 6.45) is -2.18. The summed E-state index contributed by atoms with van der Waals surface area (Å²) in [5, 5.41) is 12.2. The lowest BCUT2D eigenvalue weighted by atomic mass is 10.3. The zero-order chi connectivity index (χ0) is 21.6. The maximum atomic E-state index is 12.6. The van der Waals surface area contributed by atoms with Gasteiger partial charge in [0.25, 0.3) is 0 Å². The number of hydrogen-bond acceptors (Lipinski definition) is 5. The number of benzene rings is 1. The number of ether oxygens (including phenoxy) is 1. The molecule has 0 amide bonds. The van der Waals surface area contributed by atoms with Crippen LogP contribution in [0.15, 0.2) is 46.9 Å². The Labute approximate surface area is 175 Å². The van der Waals surface area contributed by atoms with E-state index < -0.39 is 11.9 Å². The summed E-state index contributed by atoms with van der Waals surface area (Å²) in [5.74, 6) is 1.30. The molecule has 0 aliphatic rings. The number of nitrogens with zero attached hydrogens (tertiary/aromatic N) is 4. The molecule has 0 fully saturated rings. The van der Waals surface area contributed by atoms with E-state index in [0.717, 1.165) is 33.8 Å². The molecule has 0 spiro atoms. The molecule has 2 N–H and O–H groups in total. The van der Waals surface area contributed by atoms with Crippen LogP contribution in [0, 0.1) is 0 Å². The van der Waals surface area contributed by atoms with Gasteiger partial charge in [0.15, 0.2) is 11.7 Å². The zero-order valence-corrected chi connectivity index (χ0v) is 17.2. The standard InChI is InChI=1S/C19H21F3N6OS/c1-23-18(24-9-7-17-26-16(12-30-17)19(20,21)22)25-11-13-8-10-28(27-13)14-3-5-15(29-2)6-4-14/h3-6,8,10,12H,7,9,11H2,1-2H3,(H2,23,24,25). The molecule has 0 saturated heterocycles. The Balaban J connectivity index is 1.47. The predicted molar refractivity (Wildman–Crippen MR) is 109 cm³/mol. The first kappa shape index (κ1) is 21.6. The van der Waals surface area contributed by atoms with Gasteiger partial charge in [-0.15, -0.1) is 11.3 Å². The topological polar surface area (TPSA) is 76.4 Å². The van der Waals surface area contributed by atoms with Crippen molar-refractivity contribution in [2.75, 3.05) is 20.7 Å². The molecule has 2 heterocycles. The van der Waals surface area contributed by atoms with E-state index in [1.54, 1.807) is 18.8 Å². The van der Waals surface area contributed by atoms with Crippen LogP contribution in [0.1, 0.15) is 16.4 Å². The van der Waals surface area contributed by atoms with Crippen LogP contribution >= 0.6 is 11.3 Å². The van der Waals surface area contributed by atoms with Gasteiger partial charge in [-0.1, -0.05) is 0 Å². The molecule has 2 aromatic heterocycles. The summed E-state index contributed by atoms with van der Waals surface area (Å²) in [7, 11) is 3.24. The Kier molecular flexibility index (Phi) is 6.93. The van der Waals surface area contributed by atoms with E-state index in [9.17, 15) is 13.2 Å². The van der Waals surface area contributed by atoms with Gasteiger partial charge in [-0.3, -0.25) is 4.99 Å². The molecule has 3 aromatic rings. The molecule has 0 saturated carbocycles. The fourth-order valence-corrected chi connectivity index (χ4v) is 3.38. The number of rotatable bonds is 7. The van der Waals surface area contributed by atoms with Crippen LogP contribution in [-0.4, -0.2) is 41.4 Å². The van der Waals surface area contributed by atoms with Crippen LogP contribution in [0.2, 0.25) is 0 Å². The third kappa shape index (κ3) is 5.72. The number of thiazole rings is 1. The van der Waals surface area contributed by atoms with E-state index >= 15 is 0 Å². The van der Waals surface area contributed by atoms with Gasteiger partial charge in [-0.25, -0.2) is 9.67 Å². The maximum absolute atomic E-state index is 12.6. The van der Waals surface area contributed by atoms with Crippen LogP contribution < -0.4 is 15.4 Å². The molecule has 7 nitrogen and oxygen atoms in total. The molecule has 11 heteroatoms. The molecular weight excluding hydrogens is 417 g/mol. The van der Waals surface area contributed by atoms with Crippen molar-refractivity contribution in [1.82, 2.24) is 25.4 Å². The molecule has 3 rings (SSSR count). The van der Waals surface area contributed by atoms with Crippen molar-refractivity contribution >= 4 is 17.3 Å². The summed E-state index contributed by atoms with van der Waals surface area (Å²) < 4.78 is 44.7. The Morgan fingerprint density at radius 3 is 2.60 bits per heavy atom. The predicted octanol–water partition coefficient (Wildman–Crippen LogP) is 3.26. The van der Waals surface area contributed by atoms with Gasteiger partial charge < -0.3 is 15.4 Å². The maximum Gasteiger partial charge on any atom is 0.434 e. The van der Waals surface area contributed by atoms with Crippen molar-refractivity contribution in [2.24, 2.45) is 4.99 Å². The molecule has 30 heavy (non-hydrogen) atoms. The quantitative estimate of drug-likeness (QED) is 0.438. The van der Waals surface area contributed by atoms with E-state index in [1.165, 1.54) is 0 Å². The summed E-state index contributed by atoms with van der Waals surface area (Å²) in [6.45, 7) is 0.850. The zero-order valence-electron chi connectivity index (χ0n) is 16.4. The number of methoxy groups -OCH3 is 1. The Morgan fingerprint density at radius 2 is 1.97 bits per heavy atom. The number of halogens is 3. The number of aromatic nitrogens is 3. The van der Waals surface area contributed by atoms with Crippen LogP contribution in [-0.2, 0) is 19.1 Å². The Bertz CT molecular complexity index is 981. The number of guanidine groups is 1. The second-order valence-electron chi connectivity index (χ2n) is 6.18. The lowest BCUT2D eigenvalue weighted by Crippen LogP contribution is -2.38.